The number of amides is 1. The first-order chi connectivity index (χ1) is 12.5. The van der Waals surface area contributed by atoms with Crippen LogP contribution in [-0.4, -0.2) is 61.0 Å². The Morgan fingerprint density at radius 3 is 2.69 bits per heavy atom. The van der Waals surface area contributed by atoms with Crippen molar-refractivity contribution in [3.8, 4) is 5.75 Å². The highest BCUT2D eigenvalue weighted by atomic mass is 16.5. The van der Waals surface area contributed by atoms with Crippen molar-refractivity contribution < 1.29 is 14.3 Å². The monoisotopic (exact) mass is 358 g/mol. The van der Waals surface area contributed by atoms with Crippen LogP contribution in [0.3, 0.4) is 0 Å². The number of benzene rings is 1. The molecule has 0 saturated carbocycles. The Hall–Kier alpha value is -2.54. The maximum atomic E-state index is 12.9. The summed E-state index contributed by atoms with van der Waals surface area (Å²) >= 11 is 0. The third kappa shape index (κ3) is 3.83. The molecule has 0 aliphatic carbocycles. The zero-order chi connectivity index (χ0) is 18.7. The summed E-state index contributed by atoms with van der Waals surface area (Å²) in [4.78, 5) is 16.8. The summed E-state index contributed by atoms with van der Waals surface area (Å²) in [5.74, 6) is 0.750. The van der Waals surface area contributed by atoms with Crippen LogP contribution < -0.4 is 9.64 Å². The van der Waals surface area contributed by atoms with Gasteiger partial charge in [-0.05, 0) is 25.1 Å². The maximum Gasteiger partial charge on any atom is 0.253 e. The number of aryl methyl sites for hydroxylation is 2. The quantitative estimate of drug-likeness (QED) is 0.816. The summed E-state index contributed by atoms with van der Waals surface area (Å²) in [6.07, 6.45) is 1.95. The van der Waals surface area contributed by atoms with E-state index < -0.39 is 0 Å². The van der Waals surface area contributed by atoms with Gasteiger partial charge in [0, 0.05) is 51.1 Å². The number of aromatic nitrogens is 2. The van der Waals surface area contributed by atoms with Gasteiger partial charge >= 0.3 is 0 Å². The molecule has 0 spiro atoms. The summed E-state index contributed by atoms with van der Waals surface area (Å²) < 4.78 is 12.7. The Morgan fingerprint density at radius 2 is 2.08 bits per heavy atom. The second kappa shape index (κ2) is 7.78. The van der Waals surface area contributed by atoms with Crippen LogP contribution in [0.2, 0.25) is 0 Å². The molecule has 3 rings (SSSR count). The molecule has 140 valence electrons. The fraction of sp³-hybridized carbons (Fsp3) is 0.474. The second-order valence-electron chi connectivity index (χ2n) is 6.56. The Bertz CT molecular complexity index is 781. The molecular weight excluding hydrogens is 332 g/mol. The Kier molecular flexibility index (Phi) is 5.46. The molecule has 0 N–H and O–H groups in total. The van der Waals surface area contributed by atoms with E-state index in [1.165, 1.54) is 0 Å². The molecule has 0 radical (unpaired) electrons. The molecule has 0 atom stereocenters. The van der Waals surface area contributed by atoms with Gasteiger partial charge in [-0.15, -0.1) is 0 Å². The summed E-state index contributed by atoms with van der Waals surface area (Å²) in [5, 5.41) is 4.34. The topological polar surface area (TPSA) is 59.8 Å². The van der Waals surface area contributed by atoms with E-state index in [0.717, 1.165) is 35.8 Å². The molecule has 0 bridgehead atoms. The molecular formula is C19H26N4O3. The van der Waals surface area contributed by atoms with E-state index in [0.29, 0.717) is 25.3 Å². The average Bonchev–Trinajstić information content (AvgIpc) is 2.98. The highest BCUT2D eigenvalue weighted by Crippen LogP contribution is 2.30. The van der Waals surface area contributed by atoms with Crippen molar-refractivity contribution in [3.63, 3.8) is 0 Å². The third-order valence-electron chi connectivity index (χ3n) is 4.65. The van der Waals surface area contributed by atoms with E-state index in [1.54, 1.807) is 16.7 Å². The van der Waals surface area contributed by atoms with Crippen molar-refractivity contribution in [1.29, 1.82) is 0 Å². The lowest BCUT2D eigenvalue weighted by Crippen LogP contribution is -2.36. The number of carbonyl (C=O) groups excluding carboxylic acids is 1. The molecule has 1 amide bonds. The number of methoxy groups -OCH3 is 1. The van der Waals surface area contributed by atoms with E-state index in [2.05, 4.69) is 10.00 Å². The predicted molar refractivity (Wildman–Crippen MR) is 99.8 cm³/mol. The van der Waals surface area contributed by atoms with Gasteiger partial charge in [0.05, 0.1) is 31.7 Å². The zero-order valence-corrected chi connectivity index (χ0v) is 15.9. The fourth-order valence-corrected chi connectivity index (χ4v) is 3.23. The van der Waals surface area contributed by atoms with E-state index in [1.807, 2.05) is 45.4 Å². The Morgan fingerprint density at radius 1 is 1.35 bits per heavy atom. The normalized spacial score (nSPS) is 14.4. The number of anilines is 1. The predicted octanol–water partition coefficient (Wildman–Crippen LogP) is 1.85. The molecule has 2 aromatic rings. The van der Waals surface area contributed by atoms with Crippen molar-refractivity contribution in [2.45, 2.75) is 13.5 Å². The van der Waals surface area contributed by atoms with Crippen LogP contribution in [0, 0.1) is 6.92 Å². The van der Waals surface area contributed by atoms with Crippen molar-refractivity contribution in [3.05, 3.63) is 41.2 Å². The first-order valence-corrected chi connectivity index (χ1v) is 8.75. The second-order valence-corrected chi connectivity index (χ2v) is 6.56. The van der Waals surface area contributed by atoms with Crippen LogP contribution in [0.5, 0.6) is 5.75 Å². The first kappa shape index (κ1) is 18.3. The fourth-order valence-electron chi connectivity index (χ4n) is 3.23. The Labute approximate surface area is 154 Å². The number of ether oxygens (including phenoxy) is 2. The lowest BCUT2D eigenvalue weighted by atomic mass is 10.1. The Balaban J connectivity index is 1.81. The summed E-state index contributed by atoms with van der Waals surface area (Å²) in [5.41, 5.74) is 3.57. The van der Waals surface area contributed by atoms with Crippen LogP contribution in [0.1, 0.15) is 21.6 Å². The number of hydrogen-bond donors (Lipinski definition) is 0. The molecule has 1 aliphatic rings. The summed E-state index contributed by atoms with van der Waals surface area (Å²) in [6, 6.07) is 5.60. The van der Waals surface area contributed by atoms with E-state index >= 15 is 0 Å². The molecule has 1 saturated heterocycles. The summed E-state index contributed by atoms with van der Waals surface area (Å²) in [6.45, 7) is 5.43. The average molecular weight is 358 g/mol. The minimum absolute atomic E-state index is 0.0228. The molecule has 26 heavy (non-hydrogen) atoms. The van der Waals surface area contributed by atoms with Crippen LogP contribution in [0.25, 0.3) is 0 Å². The van der Waals surface area contributed by atoms with Crippen LogP contribution in [-0.2, 0) is 18.3 Å². The van der Waals surface area contributed by atoms with E-state index in [-0.39, 0.29) is 5.91 Å². The van der Waals surface area contributed by atoms with Crippen molar-refractivity contribution >= 4 is 11.6 Å². The van der Waals surface area contributed by atoms with Crippen LogP contribution in [0.4, 0.5) is 5.69 Å². The molecule has 2 heterocycles. The maximum absolute atomic E-state index is 12.9. The number of carbonyl (C=O) groups is 1. The zero-order valence-electron chi connectivity index (χ0n) is 15.9. The van der Waals surface area contributed by atoms with Gasteiger partial charge < -0.3 is 19.3 Å². The van der Waals surface area contributed by atoms with E-state index in [4.69, 9.17) is 9.47 Å². The van der Waals surface area contributed by atoms with Crippen molar-refractivity contribution in [1.82, 2.24) is 14.7 Å². The van der Waals surface area contributed by atoms with Gasteiger partial charge in [0.25, 0.3) is 5.91 Å². The molecule has 7 heteroatoms. The van der Waals surface area contributed by atoms with Gasteiger partial charge in [0.1, 0.15) is 5.75 Å². The van der Waals surface area contributed by atoms with Gasteiger partial charge in [-0.25, -0.2) is 0 Å². The molecule has 1 fully saturated rings. The third-order valence-corrected chi connectivity index (χ3v) is 4.65. The SMILES string of the molecule is COc1ccc(C(=O)N(C)Cc2cn(C)nc2C)cc1N1CCOCC1. The summed E-state index contributed by atoms with van der Waals surface area (Å²) in [7, 11) is 5.35. The van der Waals surface area contributed by atoms with Crippen LogP contribution in [0.15, 0.2) is 24.4 Å². The standard InChI is InChI=1S/C19H26N4O3/c1-14-16(13-22(3)20-14)12-21(2)19(24)15-5-6-18(25-4)17(11-15)23-7-9-26-10-8-23/h5-6,11,13H,7-10,12H2,1-4H3. The minimum atomic E-state index is -0.0228. The van der Waals surface area contributed by atoms with Gasteiger partial charge in [0.15, 0.2) is 0 Å². The lowest BCUT2D eigenvalue weighted by Gasteiger charge is -2.30. The number of hydrogen-bond acceptors (Lipinski definition) is 5. The molecule has 0 unspecified atom stereocenters. The highest BCUT2D eigenvalue weighted by Gasteiger charge is 2.20. The van der Waals surface area contributed by atoms with Gasteiger partial charge in [-0.3, -0.25) is 9.48 Å². The lowest BCUT2D eigenvalue weighted by molar-refractivity contribution is 0.0785. The highest BCUT2D eigenvalue weighted by molar-refractivity contribution is 5.95. The smallest absolute Gasteiger partial charge is 0.253 e. The molecule has 1 aliphatic heterocycles. The van der Waals surface area contributed by atoms with Gasteiger partial charge in [-0.2, -0.15) is 5.10 Å². The minimum Gasteiger partial charge on any atom is -0.495 e. The molecule has 1 aromatic carbocycles. The number of nitrogens with zero attached hydrogens (tertiary/aromatic N) is 4. The largest absolute Gasteiger partial charge is 0.495 e. The van der Waals surface area contributed by atoms with E-state index in [9.17, 15) is 4.79 Å². The van der Waals surface area contributed by atoms with Crippen molar-refractivity contribution in [2.75, 3.05) is 45.4 Å². The molecule has 1 aromatic heterocycles. The number of morpholine rings is 1. The van der Waals surface area contributed by atoms with Crippen LogP contribution >= 0.6 is 0 Å². The van der Waals surface area contributed by atoms with Gasteiger partial charge in [0.2, 0.25) is 0 Å². The molecule has 7 nitrogen and oxygen atoms in total. The van der Waals surface area contributed by atoms with Gasteiger partial charge in [-0.1, -0.05) is 0 Å². The number of rotatable bonds is 5. The van der Waals surface area contributed by atoms with Crippen molar-refractivity contribution in [2.24, 2.45) is 7.05 Å². The first-order valence-electron chi connectivity index (χ1n) is 8.75.